The smallest absolute Gasteiger partial charge is 0.311 e. The molecule has 334 valence electrons. The van der Waals surface area contributed by atoms with Crippen LogP contribution >= 0.6 is 0 Å². The molecule has 1 N–H and O–H groups in total. The van der Waals surface area contributed by atoms with Crippen LogP contribution in [0.3, 0.4) is 0 Å². The summed E-state index contributed by atoms with van der Waals surface area (Å²) in [6.07, 6.45) is 5.19. The minimum atomic E-state index is -2.17. The van der Waals surface area contributed by atoms with Crippen LogP contribution in [-0.4, -0.2) is 71.2 Å². The van der Waals surface area contributed by atoms with Gasteiger partial charge < -0.3 is 28.5 Å². The summed E-state index contributed by atoms with van der Waals surface area (Å²) in [5, 5.41) is 11.4. The van der Waals surface area contributed by atoms with Crippen molar-refractivity contribution in [3.63, 3.8) is 0 Å². The Morgan fingerprint density at radius 2 is 1.25 bits per heavy atom. The molecule has 8 heteroatoms. The maximum Gasteiger partial charge on any atom is 0.311 e. The Kier molecular flexibility index (Phi) is 20.0. The van der Waals surface area contributed by atoms with Gasteiger partial charge in [-0.1, -0.05) is 139 Å². The van der Waals surface area contributed by atoms with Gasteiger partial charge in [0.2, 0.25) is 0 Å². The largest absolute Gasteiger partial charge is 0.465 e. The summed E-state index contributed by atoms with van der Waals surface area (Å²) in [5.41, 5.74) is 3.07. The molecule has 0 fully saturated rings. The van der Waals surface area contributed by atoms with Gasteiger partial charge in [-0.05, 0) is 106 Å². The third-order valence-electron chi connectivity index (χ3n) is 12.7. The summed E-state index contributed by atoms with van der Waals surface area (Å²) in [6, 6.07) is 31.4. The quantitative estimate of drug-likeness (QED) is 0.0416. The highest BCUT2D eigenvalue weighted by Gasteiger charge is 2.43. The van der Waals surface area contributed by atoms with Crippen LogP contribution in [0.1, 0.15) is 118 Å². The second kappa shape index (κ2) is 23.4. The minimum Gasteiger partial charge on any atom is -0.465 e. The molecule has 3 aromatic carbocycles. The fourth-order valence-electron chi connectivity index (χ4n) is 7.62. The van der Waals surface area contributed by atoms with Crippen molar-refractivity contribution in [2.75, 3.05) is 27.4 Å². The van der Waals surface area contributed by atoms with E-state index in [1.807, 2.05) is 39.0 Å². The van der Waals surface area contributed by atoms with Crippen molar-refractivity contribution in [1.82, 2.24) is 0 Å². The van der Waals surface area contributed by atoms with Crippen LogP contribution < -0.4 is 0 Å². The molecule has 0 aliphatic carbocycles. The number of methoxy groups -OCH3 is 2. The first-order valence-electron chi connectivity index (χ1n) is 22.2. The van der Waals surface area contributed by atoms with Crippen molar-refractivity contribution in [3.05, 3.63) is 119 Å². The van der Waals surface area contributed by atoms with E-state index in [9.17, 15) is 9.90 Å². The molecule has 0 heterocycles. The van der Waals surface area contributed by atoms with Gasteiger partial charge in [0.05, 0.1) is 43.0 Å². The molecule has 0 aliphatic rings. The van der Waals surface area contributed by atoms with Crippen LogP contribution in [0.15, 0.2) is 103 Å². The first kappa shape index (κ1) is 51.2. The number of benzene rings is 3. The molecule has 0 saturated carbocycles. The summed E-state index contributed by atoms with van der Waals surface area (Å²) in [5.74, 6) is 0.115. The number of hydrogen-bond donors (Lipinski definition) is 1. The lowest BCUT2D eigenvalue weighted by atomic mass is 9.80. The number of rotatable bonds is 24. The van der Waals surface area contributed by atoms with Crippen LogP contribution in [0.4, 0.5) is 0 Å². The van der Waals surface area contributed by atoms with E-state index in [-0.39, 0.29) is 47.8 Å². The Balaban J connectivity index is 1.70. The summed E-state index contributed by atoms with van der Waals surface area (Å²) < 4.78 is 31.9. The highest BCUT2D eigenvalue weighted by Crippen LogP contribution is 2.42. The molecule has 0 aromatic heterocycles. The van der Waals surface area contributed by atoms with Gasteiger partial charge in [0.25, 0.3) is 0 Å². The molecule has 0 aliphatic heterocycles. The first-order valence-corrected chi connectivity index (χ1v) is 25.1. The molecule has 0 spiro atoms. The zero-order valence-corrected chi connectivity index (χ0v) is 40.6. The highest BCUT2D eigenvalue weighted by atomic mass is 28.4. The van der Waals surface area contributed by atoms with E-state index in [4.69, 9.17) is 23.4 Å². The Morgan fingerprint density at radius 3 is 1.68 bits per heavy atom. The third-order valence-corrected chi connectivity index (χ3v) is 17.2. The van der Waals surface area contributed by atoms with E-state index >= 15 is 0 Å². The van der Waals surface area contributed by atoms with Crippen LogP contribution in [0.25, 0.3) is 0 Å². The molecule has 3 rings (SSSR count). The molecule has 0 amide bonds. The van der Waals surface area contributed by atoms with Gasteiger partial charge in [-0.25, -0.2) is 0 Å². The molecule has 0 radical (unpaired) electrons. The fraction of sp³-hybridized carbons (Fsp3) is 0.596. The molecule has 7 atom stereocenters. The van der Waals surface area contributed by atoms with Crippen LogP contribution in [0.5, 0.6) is 0 Å². The van der Waals surface area contributed by atoms with Gasteiger partial charge in [0.15, 0.2) is 8.32 Å². The lowest BCUT2D eigenvalue weighted by molar-refractivity contribution is -0.153. The Labute approximate surface area is 365 Å². The number of carbonyl (C=O) groups is 1. The van der Waals surface area contributed by atoms with Crippen LogP contribution in [0, 0.1) is 23.2 Å². The number of allylic oxidation sites excluding steroid dienone is 1. The molecular weight excluding hydrogens is 765 g/mol. The van der Waals surface area contributed by atoms with Gasteiger partial charge in [0, 0.05) is 26.6 Å². The highest BCUT2D eigenvalue weighted by molar-refractivity contribution is 6.74. The molecular formula is C52H80O7Si. The van der Waals surface area contributed by atoms with E-state index in [1.165, 1.54) is 5.57 Å². The summed E-state index contributed by atoms with van der Waals surface area (Å²) in [4.78, 5) is 12.4. The summed E-state index contributed by atoms with van der Waals surface area (Å²) >= 11 is 0. The molecule has 0 bridgehead atoms. The standard InChI is InChI=1S/C52H80O7Si/c1-38(36-45(55-11)37-58-52(42-24-18-15-19-25-42,43-26-20-16-21-27-43)44-28-22-17-23-29-44)30-31-39(2)47(56-12)33-32-40(3)48(59-60(13,14)51(8,9)10)41(4)46(53)34-35-57-49(54)50(5,6)7/h15-29,31,38,40-41,45-48,53H,30,32-37H2,1-14H3/b39-31+/t38-,40-,41-,45-,46-,47+,48-/m1/s1. The van der Waals surface area contributed by atoms with Crippen molar-refractivity contribution in [2.24, 2.45) is 23.2 Å². The number of esters is 1. The maximum atomic E-state index is 12.4. The fourth-order valence-corrected chi connectivity index (χ4v) is 9.10. The van der Waals surface area contributed by atoms with Gasteiger partial charge in [-0.2, -0.15) is 0 Å². The SMILES string of the molecule is CO[C@@H](COC(c1ccccc1)(c1ccccc1)c1ccccc1)C[C@H](C)C/C=C(\C)[C@H](CC[C@@H](C)[C@@H](O[Si](C)(C)C(C)(C)C)[C@H](C)[C@H](O)CCOC(=O)C(C)(C)C)OC. The van der Waals surface area contributed by atoms with Gasteiger partial charge in [0.1, 0.15) is 5.60 Å². The monoisotopic (exact) mass is 845 g/mol. The topological polar surface area (TPSA) is 83.5 Å². The molecule has 60 heavy (non-hydrogen) atoms. The molecule has 0 unspecified atom stereocenters. The van der Waals surface area contributed by atoms with Gasteiger partial charge in [-0.3, -0.25) is 4.79 Å². The molecule has 3 aromatic rings. The van der Waals surface area contributed by atoms with E-state index in [0.717, 1.165) is 42.4 Å². The normalized spacial score (nSPS) is 16.7. The second-order valence-electron chi connectivity index (χ2n) is 19.7. The zero-order chi connectivity index (χ0) is 44.7. The summed E-state index contributed by atoms with van der Waals surface area (Å²) in [7, 11) is 1.40. The second-order valence-corrected chi connectivity index (χ2v) is 24.5. The number of hydrogen-bond acceptors (Lipinski definition) is 7. The van der Waals surface area contributed by atoms with Gasteiger partial charge >= 0.3 is 5.97 Å². The number of carbonyl (C=O) groups excluding carboxylic acids is 1. The lowest BCUT2D eigenvalue weighted by Gasteiger charge is -2.44. The third kappa shape index (κ3) is 14.5. The van der Waals surface area contributed by atoms with Crippen molar-refractivity contribution in [1.29, 1.82) is 0 Å². The Hall–Kier alpha value is -3.11. The van der Waals surface area contributed by atoms with Crippen molar-refractivity contribution >= 4 is 14.3 Å². The average molecular weight is 845 g/mol. The average Bonchev–Trinajstić information content (AvgIpc) is 3.22. The maximum absolute atomic E-state index is 12.4. The summed E-state index contributed by atoms with van der Waals surface area (Å²) in [6.45, 7) is 26.2. The predicted octanol–water partition coefficient (Wildman–Crippen LogP) is 12.2. The number of aliphatic hydroxyl groups excluding tert-OH is 1. The van der Waals surface area contributed by atoms with E-state index in [0.29, 0.717) is 18.9 Å². The van der Waals surface area contributed by atoms with Crippen molar-refractivity contribution in [2.45, 2.75) is 149 Å². The Bertz CT molecular complexity index is 1600. The first-order chi connectivity index (χ1) is 28.2. The predicted molar refractivity (Wildman–Crippen MR) is 250 cm³/mol. The number of aliphatic hydroxyl groups is 1. The van der Waals surface area contributed by atoms with Crippen LogP contribution in [-0.2, 0) is 33.8 Å². The van der Waals surface area contributed by atoms with Crippen LogP contribution in [0.2, 0.25) is 18.1 Å². The van der Waals surface area contributed by atoms with E-state index in [2.05, 4.69) is 140 Å². The lowest BCUT2D eigenvalue weighted by Crippen LogP contribution is -2.49. The number of ether oxygens (including phenoxy) is 4. The molecule has 0 saturated heterocycles. The Morgan fingerprint density at radius 1 is 0.750 bits per heavy atom. The van der Waals surface area contributed by atoms with E-state index in [1.54, 1.807) is 14.2 Å². The molecule has 7 nitrogen and oxygen atoms in total. The van der Waals surface area contributed by atoms with Crippen molar-refractivity contribution < 1.29 is 33.3 Å². The van der Waals surface area contributed by atoms with E-state index < -0.39 is 25.4 Å². The minimum absolute atomic E-state index is 0.0196. The zero-order valence-electron chi connectivity index (χ0n) is 39.6. The van der Waals surface area contributed by atoms with Gasteiger partial charge in [-0.15, -0.1) is 0 Å². The van der Waals surface area contributed by atoms with Crippen molar-refractivity contribution in [3.8, 4) is 0 Å².